The van der Waals surface area contributed by atoms with Gasteiger partial charge in [0.25, 0.3) is 0 Å². The summed E-state index contributed by atoms with van der Waals surface area (Å²) in [5, 5.41) is 0.899. The third-order valence-electron chi connectivity index (χ3n) is 1.82. The van der Waals surface area contributed by atoms with E-state index in [4.69, 9.17) is 32.7 Å². The summed E-state index contributed by atoms with van der Waals surface area (Å²) in [5.41, 5.74) is 0. The maximum absolute atomic E-state index is 11.3. The maximum atomic E-state index is 11.3. The molecule has 0 aromatic heterocycles. The summed E-state index contributed by atoms with van der Waals surface area (Å²) in [6.07, 6.45) is -0.712. The van der Waals surface area contributed by atoms with Crippen LogP contribution >= 0.6 is 23.2 Å². The summed E-state index contributed by atoms with van der Waals surface area (Å²) in [7, 11) is 0. The van der Waals surface area contributed by atoms with Crippen molar-refractivity contribution in [3.8, 4) is 5.75 Å². The van der Waals surface area contributed by atoms with E-state index < -0.39 is 12.1 Å². The number of benzene rings is 1. The summed E-state index contributed by atoms with van der Waals surface area (Å²) < 4.78 is 10.2. The molecular weight excluding hydrogens is 251 g/mol. The molecule has 1 rings (SSSR count). The minimum absolute atomic E-state index is 0.315. The first-order chi connectivity index (χ1) is 7.54. The molecule has 0 aliphatic rings. The van der Waals surface area contributed by atoms with Crippen LogP contribution in [0.15, 0.2) is 18.2 Å². The van der Waals surface area contributed by atoms with Gasteiger partial charge < -0.3 is 9.47 Å². The van der Waals surface area contributed by atoms with E-state index in [0.29, 0.717) is 22.4 Å². The Morgan fingerprint density at radius 2 is 2.12 bits per heavy atom. The monoisotopic (exact) mass is 262 g/mol. The van der Waals surface area contributed by atoms with Crippen molar-refractivity contribution in [2.24, 2.45) is 0 Å². The first kappa shape index (κ1) is 13.1. The average Bonchev–Trinajstić information content (AvgIpc) is 2.23. The van der Waals surface area contributed by atoms with E-state index in [1.807, 2.05) is 0 Å². The molecule has 1 atom stereocenters. The lowest BCUT2D eigenvalue weighted by atomic mass is 10.3. The van der Waals surface area contributed by atoms with E-state index in [1.54, 1.807) is 32.0 Å². The second kappa shape index (κ2) is 5.97. The Labute approximate surface area is 104 Å². The van der Waals surface area contributed by atoms with Crippen molar-refractivity contribution in [2.45, 2.75) is 20.0 Å². The molecule has 0 aliphatic carbocycles. The van der Waals surface area contributed by atoms with E-state index in [9.17, 15) is 4.79 Å². The number of carbonyl (C=O) groups excluding carboxylic acids is 1. The highest BCUT2D eigenvalue weighted by Gasteiger charge is 2.17. The van der Waals surface area contributed by atoms with E-state index in [1.165, 1.54) is 0 Å². The number of hydrogen-bond acceptors (Lipinski definition) is 3. The number of rotatable bonds is 4. The standard InChI is InChI=1S/C11H12Cl2O3/c1-3-15-11(14)7(2)16-10-6-8(12)4-5-9(10)13/h4-7H,3H2,1-2H3. The van der Waals surface area contributed by atoms with Crippen molar-refractivity contribution < 1.29 is 14.3 Å². The van der Waals surface area contributed by atoms with Crippen LogP contribution in [0.25, 0.3) is 0 Å². The Morgan fingerprint density at radius 3 is 2.75 bits per heavy atom. The fourth-order valence-electron chi connectivity index (χ4n) is 1.07. The van der Waals surface area contributed by atoms with Crippen LogP contribution in [-0.2, 0) is 9.53 Å². The van der Waals surface area contributed by atoms with Gasteiger partial charge in [-0.25, -0.2) is 4.79 Å². The number of hydrogen-bond donors (Lipinski definition) is 0. The minimum Gasteiger partial charge on any atom is -0.477 e. The number of halogens is 2. The van der Waals surface area contributed by atoms with Crippen molar-refractivity contribution in [2.75, 3.05) is 6.61 Å². The first-order valence-electron chi connectivity index (χ1n) is 4.83. The molecule has 1 aromatic carbocycles. The normalized spacial score (nSPS) is 12.0. The molecule has 0 spiro atoms. The van der Waals surface area contributed by atoms with Crippen molar-refractivity contribution in [1.29, 1.82) is 0 Å². The highest BCUT2D eigenvalue weighted by atomic mass is 35.5. The van der Waals surface area contributed by atoms with Gasteiger partial charge in [0.2, 0.25) is 0 Å². The molecule has 0 saturated carbocycles. The highest BCUT2D eigenvalue weighted by molar-refractivity contribution is 6.34. The zero-order valence-corrected chi connectivity index (χ0v) is 10.5. The Bertz CT molecular complexity index is 379. The van der Waals surface area contributed by atoms with Crippen molar-refractivity contribution in [1.82, 2.24) is 0 Å². The molecule has 0 fully saturated rings. The lowest BCUT2D eigenvalue weighted by molar-refractivity contribution is -0.150. The van der Waals surface area contributed by atoms with Crippen LogP contribution < -0.4 is 4.74 Å². The summed E-state index contributed by atoms with van der Waals surface area (Å²) in [4.78, 5) is 11.3. The molecule has 0 bridgehead atoms. The van der Waals surface area contributed by atoms with Gasteiger partial charge >= 0.3 is 5.97 Å². The van der Waals surface area contributed by atoms with Crippen molar-refractivity contribution >= 4 is 29.2 Å². The SMILES string of the molecule is CCOC(=O)C(C)Oc1cc(Cl)ccc1Cl. The first-order valence-corrected chi connectivity index (χ1v) is 5.58. The summed E-state index contributed by atoms with van der Waals surface area (Å²) in [5.74, 6) is -0.0618. The zero-order chi connectivity index (χ0) is 12.1. The van der Waals surface area contributed by atoms with Gasteiger partial charge in [-0.05, 0) is 26.0 Å². The lowest BCUT2D eigenvalue weighted by Gasteiger charge is -2.14. The second-order valence-corrected chi connectivity index (χ2v) is 3.93. The van der Waals surface area contributed by atoms with E-state index >= 15 is 0 Å². The Kier molecular flexibility index (Phi) is 4.90. The van der Waals surface area contributed by atoms with Crippen LogP contribution in [0.2, 0.25) is 10.0 Å². The van der Waals surface area contributed by atoms with E-state index in [2.05, 4.69) is 0 Å². The Hall–Kier alpha value is -0.930. The highest BCUT2D eigenvalue weighted by Crippen LogP contribution is 2.28. The minimum atomic E-state index is -0.712. The largest absolute Gasteiger partial charge is 0.477 e. The number of esters is 1. The predicted molar refractivity (Wildman–Crippen MR) is 63.2 cm³/mol. The van der Waals surface area contributed by atoms with Gasteiger partial charge in [-0.15, -0.1) is 0 Å². The Morgan fingerprint density at radius 1 is 1.44 bits per heavy atom. The smallest absolute Gasteiger partial charge is 0.347 e. The van der Waals surface area contributed by atoms with Crippen molar-refractivity contribution in [3.05, 3.63) is 28.2 Å². The summed E-state index contributed by atoms with van der Waals surface area (Å²) in [6.45, 7) is 3.64. The summed E-state index contributed by atoms with van der Waals surface area (Å²) >= 11 is 11.7. The predicted octanol–water partition coefficient (Wildman–Crippen LogP) is 3.32. The fraction of sp³-hybridized carbons (Fsp3) is 0.364. The van der Waals surface area contributed by atoms with Crippen LogP contribution in [0.5, 0.6) is 5.75 Å². The third kappa shape index (κ3) is 3.58. The lowest BCUT2D eigenvalue weighted by Crippen LogP contribution is -2.26. The molecule has 0 radical (unpaired) electrons. The summed E-state index contributed by atoms with van der Waals surface area (Å²) in [6, 6.07) is 4.81. The molecule has 0 amide bonds. The molecule has 16 heavy (non-hydrogen) atoms. The van der Waals surface area contributed by atoms with Crippen LogP contribution in [-0.4, -0.2) is 18.7 Å². The third-order valence-corrected chi connectivity index (χ3v) is 2.36. The van der Waals surface area contributed by atoms with Gasteiger partial charge in [0.1, 0.15) is 5.75 Å². The Balaban J connectivity index is 2.72. The molecule has 0 heterocycles. The van der Waals surface area contributed by atoms with Gasteiger partial charge in [0, 0.05) is 11.1 Å². The molecule has 0 saturated heterocycles. The zero-order valence-electron chi connectivity index (χ0n) is 9.00. The topological polar surface area (TPSA) is 35.5 Å². The molecule has 5 heteroatoms. The fourth-order valence-corrected chi connectivity index (χ4v) is 1.39. The molecule has 0 N–H and O–H groups in total. The van der Waals surface area contributed by atoms with Gasteiger partial charge in [-0.2, -0.15) is 0 Å². The van der Waals surface area contributed by atoms with Gasteiger partial charge in [-0.3, -0.25) is 0 Å². The van der Waals surface area contributed by atoms with E-state index in [0.717, 1.165) is 0 Å². The van der Waals surface area contributed by atoms with E-state index in [-0.39, 0.29) is 0 Å². The number of carbonyl (C=O) groups is 1. The van der Waals surface area contributed by atoms with Crippen LogP contribution in [0.3, 0.4) is 0 Å². The quantitative estimate of drug-likeness (QED) is 0.781. The van der Waals surface area contributed by atoms with Crippen molar-refractivity contribution in [3.63, 3.8) is 0 Å². The molecule has 88 valence electrons. The average molecular weight is 263 g/mol. The van der Waals surface area contributed by atoms with Gasteiger partial charge in [-0.1, -0.05) is 23.2 Å². The van der Waals surface area contributed by atoms with Crippen LogP contribution in [0.1, 0.15) is 13.8 Å². The number of ether oxygens (including phenoxy) is 2. The molecule has 0 aliphatic heterocycles. The molecule has 1 aromatic rings. The molecule has 1 unspecified atom stereocenters. The van der Waals surface area contributed by atoms with Crippen LogP contribution in [0.4, 0.5) is 0 Å². The molecule has 3 nitrogen and oxygen atoms in total. The van der Waals surface area contributed by atoms with Gasteiger partial charge in [0.15, 0.2) is 6.10 Å². The van der Waals surface area contributed by atoms with Gasteiger partial charge in [0.05, 0.1) is 11.6 Å². The second-order valence-electron chi connectivity index (χ2n) is 3.09. The molecular formula is C11H12Cl2O3. The maximum Gasteiger partial charge on any atom is 0.347 e. The van der Waals surface area contributed by atoms with Crippen LogP contribution in [0, 0.1) is 0 Å².